The molecular formula is C19H12FN3O2. The fraction of sp³-hybridized carbons (Fsp3) is 0. The molecule has 6 heteroatoms. The number of para-hydroxylation sites is 1. The molecule has 2 aromatic carbocycles. The first kappa shape index (κ1) is 15.0. The molecule has 122 valence electrons. The van der Waals surface area contributed by atoms with E-state index in [1.807, 2.05) is 24.3 Å². The Morgan fingerprint density at radius 3 is 2.76 bits per heavy atom. The average Bonchev–Trinajstić information content (AvgIpc) is 3.12. The molecule has 1 amide bonds. The summed E-state index contributed by atoms with van der Waals surface area (Å²) < 4.78 is 18.4. The van der Waals surface area contributed by atoms with Crippen LogP contribution in [0.1, 0.15) is 10.6 Å². The minimum atomic E-state index is -0.451. The van der Waals surface area contributed by atoms with Gasteiger partial charge in [-0.25, -0.2) is 4.39 Å². The van der Waals surface area contributed by atoms with Crippen molar-refractivity contribution in [3.8, 4) is 11.3 Å². The summed E-state index contributed by atoms with van der Waals surface area (Å²) in [6.07, 6.45) is 1.66. The predicted molar refractivity (Wildman–Crippen MR) is 91.6 cm³/mol. The maximum Gasteiger partial charge on any atom is 0.294 e. The highest BCUT2D eigenvalue weighted by Crippen LogP contribution is 2.23. The molecule has 0 atom stereocenters. The summed E-state index contributed by atoms with van der Waals surface area (Å²) in [6.45, 7) is 0. The Morgan fingerprint density at radius 1 is 1.04 bits per heavy atom. The van der Waals surface area contributed by atoms with E-state index in [1.165, 1.54) is 18.2 Å². The van der Waals surface area contributed by atoms with E-state index >= 15 is 0 Å². The second kappa shape index (κ2) is 6.16. The second-order valence-corrected chi connectivity index (χ2v) is 5.42. The molecule has 0 saturated carbocycles. The Morgan fingerprint density at radius 2 is 1.88 bits per heavy atom. The summed E-state index contributed by atoms with van der Waals surface area (Å²) >= 11 is 0. The van der Waals surface area contributed by atoms with E-state index in [4.69, 9.17) is 4.52 Å². The Balaban J connectivity index is 1.61. The fourth-order valence-electron chi connectivity index (χ4n) is 2.56. The van der Waals surface area contributed by atoms with Crippen molar-refractivity contribution in [3.63, 3.8) is 0 Å². The van der Waals surface area contributed by atoms with Crippen molar-refractivity contribution in [2.75, 3.05) is 5.32 Å². The molecule has 5 nitrogen and oxygen atoms in total. The third kappa shape index (κ3) is 2.97. The van der Waals surface area contributed by atoms with Gasteiger partial charge in [0.25, 0.3) is 5.91 Å². The molecule has 0 unspecified atom stereocenters. The van der Waals surface area contributed by atoms with Gasteiger partial charge in [0.1, 0.15) is 11.5 Å². The van der Waals surface area contributed by atoms with E-state index in [1.54, 1.807) is 24.4 Å². The van der Waals surface area contributed by atoms with Crippen LogP contribution in [0, 0.1) is 5.82 Å². The van der Waals surface area contributed by atoms with Crippen molar-refractivity contribution in [1.29, 1.82) is 0 Å². The Hall–Kier alpha value is -3.54. The van der Waals surface area contributed by atoms with E-state index in [0.29, 0.717) is 22.5 Å². The largest absolute Gasteiger partial charge is 0.350 e. The number of halogens is 1. The van der Waals surface area contributed by atoms with Crippen molar-refractivity contribution >= 4 is 22.5 Å². The molecule has 0 aliphatic heterocycles. The molecule has 1 N–H and O–H groups in total. The molecule has 0 bridgehead atoms. The van der Waals surface area contributed by atoms with Crippen LogP contribution in [0.2, 0.25) is 0 Å². The third-order valence-electron chi connectivity index (χ3n) is 3.74. The molecule has 0 aliphatic rings. The first-order chi connectivity index (χ1) is 12.2. The summed E-state index contributed by atoms with van der Waals surface area (Å²) in [5, 5.41) is 7.52. The van der Waals surface area contributed by atoms with Gasteiger partial charge in [-0.15, -0.1) is 0 Å². The van der Waals surface area contributed by atoms with Crippen LogP contribution < -0.4 is 5.32 Å². The number of carbonyl (C=O) groups excluding carboxylic acids is 1. The lowest BCUT2D eigenvalue weighted by Crippen LogP contribution is -2.11. The van der Waals surface area contributed by atoms with Gasteiger partial charge in [-0.1, -0.05) is 35.5 Å². The Bertz CT molecular complexity index is 1070. The van der Waals surface area contributed by atoms with Crippen LogP contribution in [-0.4, -0.2) is 16.0 Å². The van der Waals surface area contributed by atoms with Crippen molar-refractivity contribution in [3.05, 3.63) is 78.4 Å². The van der Waals surface area contributed by atoms with Crippen LogP contribution in [0.25, 0.3) is 22.2 Å². The van der Waals surface area contributed by atoms with E-state index in [-0.39, 0.29) is 11.6 Å². The van der Waals surface area contributed by atoms with Gasteiger partial charge in [-0.05, 0) is 24.3 Å². The summed E-state index contributed by atoms with van der Waals surface area (Å²) in [5.74, 6) is -0.797. The number of benzene rings is 2. The van der Waals surface area contributed by atoms with Gasteiger partial charge < -0.3 is 9.84 Å². The molecule has 4 aromatic rings. The number of hydrogen-bond donors (Lipinski definition) is 1. The van der Waals surface area contributed by atoms with E-state index in [0.717, 1.165) is 5.39 Å². The second-order valence-electron chi connectivity index (χ2n) is 5.42. The first-order valence-corrected chi connectivity index (χ1v) is 7.58. The number of fused-ring (bicyclic) bond motifs is 1. The lowest BCUT2D eigenvalue weighted by Gasteiger charge is -2.05. The third-order valence-corrected chi connectivity index (χ3v) is 3.74. The van der Waals surface area contributed by atoms with Crippen LogP contribution in [0.3, 0.4) is 0 Å². The van der Waals surface area contributed by atoms with Crippen LogP contribution >= 0.6 is 0 Å². The normalized spacial score (nSPS) is 10.8. The van der Waals surface area contributed by atoms with Gasteiger partial charge in [0.15, 0.2) is 0 Å². The average molecular weight is 333 g/mol. The molecule has 2 aromatic heterocycles. The van der Waals surface area contributed by atoms with Crippen molar-refractivity contribution < 1.29 is 13.7 Å². The van der Waals surface area contributed by atoms with E-state index in [2.05, 4.69) is 15.5 Å². The first-order valence-electron chi connectivity index (χ1n) is 7.58. The van der Waals surface area contributed by atoms with Gasteiger partial charge in [-0.2, -0.15) is 0 Å². The topological polar surface area (TPSA) is 68.0 Å². The number of hydrogen-bond acceptors (Lipinski definition) is 4. The van der Waals surface area contributed by atoms with Crippen molar-refractivity contribution in [1.82, 2.24) is 10.1 Å². The van der Waals surface area contributed by atoms with Gasteiger partial charge in [-0.3, -0.25) is 9.78 Å². The summed E-state index contributed by atoms with van der Waals surface area (Å²) in [6, 6.07) is 16.6. The Labute approximate surface area is 142 Å². The quantitative estimate of drug-likeness (QED) is 0.607. The highest BCUT2D eigenvalue weighted by molar-refractivity contribution is 6.07. The van der Waals surface area contributed by atoms with Crippen LogP contribution in [0.15, 0.2) is 71.4 Å². The van der Waals surface area contributed by atoms with Crippen LogP contribution in [0.4, 0.5) is 10.1 Å². The zero-order valence-corrected chi connectivity index (χ0v) is 12.9. The van der Waals surface area contributed by atoms with Gasteiger partial charge in [0.05, 0.1) is 11.2 Å². The highest BCUT2D eigenvalue weighted by atomic mass is 19.1. The maximum atomic E-state index is 13.3. The minimum absolute atomic E-state index is 0.0344. The summed E-state index contributed by atoms with van der Waals surface area (Å²) in [7, 11) is 0. The van der Waals surface area contributed by atoms with Crippen molar-refractivity contribution in [2.24, 2.45) is 0 Å². The summed E-state index contributed by atoms with van der Waals surface area (Å²) in [5.41, 5.74) is 2.19. The van der Waals surface area contributed by atoms with E-state index in [9.17, 15) is 9.18 Å². The molecule has 4 rings (SSSR count). The standard InChI is InChI=1S/C19H12FN3O2/c20-14-7-1-5-13(10-14)16-11-17(25-23-16)19(24)22-15-8-2-4-12-6-3-9-21-18(12)15/h1-11H,(H,22,24). The number of nitrogens with one attached hydrogen (secondary N) is 1. The minimum Gasteiger partial charge on any atom is -0.350 e. The number of nitrogens with zero attached hydrogens (tertiary/aromatic N) is 2. The number of carbonyl (C=O) groups is 1. The fourth-order valence-corrected chi connectivity index (χ4v) is 2.56. The SMILES string of the molecule is O=C(Nc1cccc2cccnc12)c1cc(-c2cccc(F)c2)no1. The molecule has 0 radical (unpaired) electrons. The van der Waals surface area contributed by atoms with Crippen LogP contribution in [-0.2, 0) is 0 Å². The Kier molecular flexibility index (Phi) is 3.70. The lowest BCUT2D eigenvalue weighted by molar-refractivity contribution is 0.0988. The molecule has 0 aliphatic carbocycles. The molecule has 0 fully saturated rings. The molecule has 25 heavy (non-hydrogen) atoms. The maximum absolute atomic E-state index is 13.3. The van der Waals surface area contributed by atoms with Gasteiger partial charge in [0, 0.05) is 23.2 Å². The lowest BCUT2D eigenvalue weighted by atomic mass is 10.1. The smallest absolute Gasteiger partial charge is 0.294 e. The molecule has 2 heterocycles. The number of aromatic nitrogens is 2. The number of rotatable bonds is 3. The van der Waals surface area contributed by atoms with Gasteiger partial charge in [0.2, 0.25) is 5.76 Å². The molecule has 0 saturated heterocycles. The number of pyridine rings is 1. The molecular weight excluding hydrogens is 321 g/mol. The summed E-state index contributed by atoms with van der Waals surface area (Å²) in [4.78, 5) is 16.7. The highest BCUT2D eigenvalue weighted by Gasteiger charge is 2.15. The van der Waals surface area contributed by atoms with Gasteiger partial charge >= 0.3 is 0 Å². The predicted octanol–water partition coefficient (Wildman–Crippen LogP) is 4.28. The van der Waals surface area contributed by atoms with E-state index < -0.39 is 5.91 Å². The zero-order chi connectivity index (χ0) is 17.2. The molecule has 0 spiro atoms. The monoisotopic (exact) mass is 333 g/mol. The van der Waals surface area contributed by atoms with Crippen LogP contribution in [0.5, 0.6) is 0 Å². The zero-order valence-electron chi connectivity index (χ0n) is 12.9. The number of amides is 1. The number of anilines is 1. The van der Waals surface area contributed by atoms with Crippen molar-refractivity contribution in [2.45, 2.75) is 0 Å².